The van der Waals surface area contributed by atoms with E-state index >= 15 is 0 Å². The van der Waals surface area contributed by atoms with Crippen LogP contribution in [0.4, 0.5) is 0 Å². The van der Waals surface area contributed by atoms with Gasteiger partial charge in [-0.15, -0.1) is 0 Å². The van der Waals surface area contributed by atoms with Gasteiger partial charge in [0.05, 0.1) is 0 Å². The van der Waals surface area contributed by atoms with Gasteiger partial charge in [0.15, 0.2) is 0 Å². The molecule has 0 aromatic rings. The van der Waals surface area contributed by atoms with Gasteiger partial charge in [-0.25, -0.2) is 0 Å². The average Bonchev–Trinajstić information content (AvgIpc) is 1.84. The molecule has 9 heavy (non-hydrogen) atoms. The second kappa shape index (κ2) is 3.67. The zero-order chi connectivity index (χ0) is 7.33. The predicted octanol–water partition coefficient (Wildman–Crippen LogP) is 2.61. The standard InChI is InChI=1S/C6H14N2S/c1-3-5-6-9(7,8)4-2/h4,7-8H,2-3,5-6H2,1H3. The lowest BCUT2D eigenvalue weighted by Gasteiger charge is -2.01. The fraction of sp³-hybridized carbons (Fsp3) is 0.667. The number of hydrogen-bond donors (Lipinski definition) is 2. The van der Waals surface area contributed by atoms with Crippen molar-refractivity contribution in [1.82, 2.24) is 0 Å². The summed E-state index contributed by atoms with van der Waals surface area (Å²) in [6.07, 6.45) is 2.05. The topological polar surface area (TPSA) is 47.7 Å². The molecule has 3 heteroatoms. The number of rotatable bonds is 4. The zero-order valence-corrected chi connectivity index (χ0v) is 6.63. The van der Waals surface area contributed by atoms with Crippen molar-refractivity contribution in [2.45, 2.75) is 19.8 Å². The maximum absolute atomic E-state index is 7.31. The average molecular weight is 146 g/mol. The molecule has 0 spiro atoms. The van der Waals surface area contributed by atoms with Crippen LogP contribution in [-0.2, 0) is 9.62 Å². The molecule has 0 aromatic heterocycles. The quantitative estimate of drug-likeness (QED) is 0.612. The third-order valence-electron chi connectivity index (χ3n) is 1.10. The molecule has 0 atom stereocenters. The largest absolute Gasteiger partial charge is 0.267 e. The highest BCUT2D eigenvalue weighted by atomic mass is 32.2. The summed E-state index contributed by atoms with van der Waals surface area (Å²) in [5, 5.41) is 1.46. The van der Waals surface area contributed by atoms with Crippen LogP contribution in [0.5, 0.6) is 0 Å². The van der Waals surface area contributed by atoms with Crippen molar-refractivity contribution < 1.29 is 0 Å². The van der Waals surface area contributed by atoms with Gasteiger partial charge in [-0.05, 0) is 21.4 Å². The Bertz CT molecular complexity index is 167. The lowest BCUT2D eigenvalue weighted by atomic mass is 10.4. The molecule has 0 bridgehead atoms. The van der Waals surface area contributed by atoms with E-state index in [1.165, 1.54) is 5.41 Å². The first-order valence-corrected chi connectivity index (χ1v) is 4.91. The van der Waals surface area contributed by atoms with E-state index in [4.69, 9.17) is 9.56 Å². The lowest BCUT2D eigenvalue weighted by Crippen LogP contribution is -1.95. The van der Waals surface area contributed by atoms with Crippen LogP contribution in [0.15, 0.2) is 12.0 Å². The Kier molecular flexibility index (Phi) is 3.54. The van der Waals surface area contributed by atoms with Crippen LogP contribution in [0.1, 0.15) is 19.8 Å². The summed E-state index contributed by atoms with van der Waals surface area (Å²) < 4.78 is 14.6. The summed E-state index contributed by atoms with van der Waals surface area (Å²) >= 11 is 0. The van der Waals surface area contributed by atoms with Gasteiger partial charge < -0.3 is 0 Å². The molecule has 0 aromatic carbocycles. The van der Waals surface area contributed by atoms with Crippen molar-refractivity contribution in [1.29, 1.82) is 9.56 Å². The molecule has 0 radical (unpaired) electrons. The summed E-state index contributed by atoms with van der Waals surface area (Å²) in [5.41, 5.74) is 0. The van der Waals surface area contributed by atoms with Gasteiger partial charge in [0.25, 0.3) is 0 Å². The molecular formula is C6H14N2S. The summed E-state index contributed by atoms with van der Waals surface area (Å²) in [5.74, 6) is 0.688. The summed E-state index contributed by atoms with van der Waals surface area (Å²) in [7, 11) is -1.92. The van der Waals surface area contributed by atoms with Crippen LogP contribution in [0.25, 0.3) is 0 Å². The van der Waals surface area contributed by atoms with Gasteiger partial charge in [0.2, 0.25) is 0 Å². The first-order valence-electron chi connectivity index (χ1n) is 3.05. The maximum atomic E-state index is 7.31. The van der Waals surface area contributed by atoms with Crippen molar-refractivity contribution in [3.8, 4) is 0 Å². The van der Waals surface area contributed by atoms with E-state index in [2.05, 4.69) is 13.5 Å². The molecule has 0 saturated carbocycles. The summed E-state index contributed by atoms with van der Waals surface area (Å²) in [4.78, 5) is 0. The molecule has 0 heterocycles. The minimum Gasteiger partial charge on any atom is -0.267 e. The number of hydrogen-bond acceptors (Lipinski definition) is 2. The van der Waals surface area contributed by atoms with Crippen molar-refractivity contribution in [2.75, 3.05) is 5.75 Å². The molecule has 0 aliphatic carbocycles. The van der Waals surface area contributed by atoms with Gasteiger partial charge in [-0.1, -0.05) is 19.9 Å². The third kappa shape index (κ3) is 4.21. The Balaban J connectivity index is 3.75. The Labute approximate surface area is 57.4 Å². The Hall–Kier alpha value is -0.310. The molecule has 54 valence electrons. The lowest BCUT2D eigenvalue weighted by molar-refractivity contribution is 0.892. The normalized spacial score (nSPS) is 11.2. The molecule has 2 N–H and O–H groups in total. The monoisotopic (exact) mass is 146 g/mol. The van der Waals surface area contributed by atoms with Crippen molar-refractivity contribution in [2.24, 2.45) is 0 Å². The number of unbranched alkanes of at least 4 members (excludes halogenated alkanes) is 1. The van der Waals surface area contributed by atoms with E-state index in [0.717, 1.165) is 12.8 Å². The summed E-state index contributed by atoms with van der Waals surface area (Å²) in [6, 6.07) is 0. The van der Waals surface area contributed by atoms with E-state index in [0.29, 0.717) is 5.75 Å². The maximum Gasteiger partial charge on any atom is 0.0167 e. The predicted molar refractivity (Wildman–Crippen MR) is 42.8 cm³/mol. The van der Waals surface area contributed by atoms with Crippen molar-refractivity contribution in [3.63, 3.8) is 0 Å². The molecule has 0 saturated heterocycles. The molecule has 0 rings (SSSR count). The highest BCUT2D eigenvalue weighted by Crippen LogP contribution is 1.98. The van der Waals surface area contributed by atoms with Crippen LogP contribution in [0.3, 0.4) is 0 Å². The summed E-state index contributed by atoms with van der Waals surface area (Å²) in [6.45, 7) is 5.52. The molecule has 0 aliphatic rings. The highest BCUT2D eigenvalue weighted by Gasteiger charge is 1.92. The van der Waals surface area contributed by atoms with E-state index in [1.807, 2.05) is 0 Å². The SMILES string of the molecule is C=CS(=N)(=N)CCCC. The molecule has 0 aliphatic heterocycles. The fourth-order valence-electron chi connectivity index (χ4n) is 0.455. The highest BCUT2D eigenvalue weighted by molar-refractivity contribution is 7.96. The third-order valence-corrected chi connectivity index (χ3v) is 2.61. The fourth-order valence-corrected chi connectivity index (χ4v) is 1.37. The molecule has 0 amide bonds. The van der Waals surface area contributed by atoms with E-state index in [-0.39, 0.29) is 0 Å². The Morgan fingerprint density at radius 3 is 2.44 bits per heavy atom. The second-order valence-corrected chi connectivity index (χ2v) is 4.35. The minimum atomic E-state index is -1.92. The minimum absolute atomic E-state index is 0.688. The number of nitrogens with one attached hydrogen (secondary N) is 2. The zero-order valence-electron chi connectivity index (χ0n) is 5.81. The first kappa shape index (κ1) is 8.69. The Morgan fingerprint density at radius 2 is 2.11 bits per heavy atom. The van der Waals surface area contributed by atoms with E-state index in [9.17, 15) is 0 Å². The van der Waals surface area contributed by atoms with E-state index < -0.39 is 9.62 Å². The van der Waals surface area contributed by atoms with Crippen LogP contribution in [-0.4, -0.2) is 5.75 Å². The van der Waals surface area contributed by atoms with Gasteiger partial charge in [0.1, 0.15) is 0 Å². The van der Waals surface area contributed by atoms with Crippen molar-refractivity contribution >= 4 is 9.62 Å². The van der Waals surface area contributed by atoms with Crippen LogP contribution in [0.2, 0.25) is 0 Å². The van der Waals surface area contributed by atoms with Gasteiger partial charge >= 0.3 is 0 Å². The van der Waals surface area contributed by atoms with E-state index in [1.54, 1.807) is 0 Å². The van der Waals surface area contributed by atoms with Crippen LogP contribution in [0, 0.1) is 9.56 Å². The Morgan fingerprint density at radius 1 is 1.56 bits per heavy atom. The molecule has 2 nitrogen and oxygen atoms in total. The molecular weight excluding hydrogens is 132 g/mol. The first-order chi connectivity index (χ1) is 4.12. The van der Waals surface area contributed by atoms with Crippen LogP contribution >= 0.6 is 0 Å². The second-order valence-electron chi connectivity index (χ2n) is 2.02. The van der Waals surface area contributed by atoms with Crippen LogP contribution < -0.4 is 0 Å². The van der Waals surface area contributed by atoms with Gasteiger partial charge in [0, 0.05) is 5.75 Å². The van der Waals surface area contributed by atoms with Gasteiger partial charge in [-0.2, -0.15) is 0 Å². The smallest absolute Gasteiger partial charge is 0.0167 e. The molecule has 0 unspecified atom stereocenters. The molecule has 0 fully saturated rings. The van der Waals surface area contributed by atoms with Gasteiger partial charge in [-0.3, -0.25) is 9.56 Å². The van der Waals surface area contributed by atoms with Crippen molar-refractivity contribution in [3.05, 3.63) is 12.0 Å².